The molecule has 0 spiro atoms. The summed E-state index contributed by atoms with van der Waals surface area (Å²) in [6.45, 7) is 0.419. The number of carbonyl (C=O) groups is 1. The van der Waals surface area contributed by atoms with Gasteiger partial charge in [-0.05, 0) is 29.9 Å². The van der Waals surface area contributed by atoms with Crippen molar-refractivity contribution < 1.29 is 9.72 Å². The molecular formula is C14H12N4O3S. The summed E-state index contributed by atoms with van der Waals surface area (Å²) in [7, 11) is 0. The highest BCUT2D eigenvalue weighted by Gasteiger charge is 2.12. The van der Waals surface area contributed by atoms with Crippen LogP contribution in [0.2, 0.25) is 0 Å². The number of hydrogen-bond acceptors (Lipinski definition) is 5. The molecule has 0 radical (unpaired) electrons. The van der Waals surface area contributed by atoms with Gasteiger partial charge in [0, 0.05) is 36.6 Å². The van der Waals surface area contributed by atoms with Crippen molar-refractivity contribution in [3.8, 4) is 0 Å². The van der Waals surface area contributed by atoms with Crippen molar-refractivity contribution >= 4 is 28.9 Å². The van der Waals surface area contributed by atoms with Crippen LogP contribution in [0.25, 0.3) is 0 Å². The monoisotopic (exact) mass is 316 g/mol. The second kappa shape index (κ2) is 7.23. The van der Waals surface area contributed by atoms with Gasteiger partial charge in [0.1, 0.15) is 0 Å². The molecule has 1 aromatic heterocycles. The van der Waals surface area contributed by atoms with Gasteiger partial charge in [0.25, 0.3) is 11.6 Å². The first-order chi connectivity index (χ1) is 10.6. The summed E-state index contributed by atoms with van der Waals surface area (Å²) in [6, 6.07) is 9.09. The summed E-state index contributed by atoms with van der Waals surface area (Å²) in [4.78, 5) is 26.1. The lowest BCUT2D eigenvalue weighted by Gasteiger charge is -2.09. The van der Waals surface area contributed by atoms with Gasteiger partial charge in [-0.25, -0.2) is 0 Å². The molecular weight excluding hydrogens is 304 g/mol. The third-order valence-corrected chi connectivity index (χ3v) is 2.97. The molecule has 8 heteroatoms. The van der Waals surface area contributed by atoms with Gasteiger partial charge in [0.2, 0.25) is 0 Å². The Morgan fingerprint density at radius 3 is 2.82 bits per heavy atom. The average Bonchev–Trinajstić information content (AvgIpc) is 2.54. The maximum atomic E-state index is 12.0. The summed E-state index contributed by atoms with van der Waals surface area (Å²) < 4.78 is 0. The van der Waals surface area contributed by atoms with Crippen molar-refractivity contribution in [3.63, 3.8) is 0 Å². The molecule has 0 atom stereocenters. The Balaban J connectivity index is 1.92. The summed E-state index contributed by atoms with van der Waals surface area (Å²) in [5.74, 6) is -0.507. The number of carbonyl (C=O) groups excluding carboxylic acids is 1. The minimum absolute atomic E-state index is 0.139. The fraction of sp³-hybridized carbons (Fsp3) is 0.0714. The molecule has 0 unspecified atom stereocenters. The molecule has 1 aromatic carbocycles. The molecule has 2 aromatic rings. The van der Waals surface area contributed by atoms with Gasteiger partial charge in [-0.2, -0.15) is 0 Å². The fourth-order valence-corrected chi connectivity index (χ4v) is 1.83. The molecule has 0 saturated heterocycles. The molecule has 0 saturated carbocycles. The second-order valence-corrected chi connectivity index (χ2v) is 4.71. The first kappa shape index (κ1) is 15.5. The highest BCUT2D eigenvalue weighted by molar-refractivity contribution is 7.80. The fourth-order valence-electron chi connectivity index (χ4n) is 1.67. The number of nitrogens with zero attached hydrogens (tertiary/aromatic N) is 2. The third kappa shape index (κ3) is 4.32. The van der Waals surface area contributed by atoms with E-state index in [1.54, 1.807) is 18.5 Å². The van der Waals surface area contributed by atoms with Crippen LogP contribution >= 0.6 is 12.2 Å². The van der Waals surface area contributed by atoms with Gasteiger partial charge in [-0.1, -0.05) is 12.1 Å². The molecule has 0 aliphatic carbocycles. The lowest BCUT2D eigenvalue weighted by molar-refractivity contribution is -0.384. The van der Waals surface area contributed by atoms with Crippen LogP contribution in [0.5, 0.6) is 0 Å². The van der Waals surface area contributed by atoms with Crippen molar-refractivity contribution in [2.75, 3.05) is 0 Å². The predicted octanol–water partition coefficient (Wildman–Crippen LogP) is 1.79. The van der Waals surface area contributed by atoms with E-state index in [0.717, 1.165) is 5.56 Å². The van der Waals surface area contributed by atoms with Crippen LogP contribution in [0.15, 0.2) is 48.8 Å². The Morgan fingerprint density at radius 1 is 1.32 bits per heavy atom. The van der Waals surface area contributed by atoms with Crippen molar-refractivity contribution in [1.29, 1.82) is 0 Å². The number of aromatic nitrogens is 1. The van der Waals surface area contributed by atoms with E-state index < -0.39 is 10.8 Å². The van der Waals surface area contributed by atoms with E-state index in [4.69, 9.17) is 12.2 Å². The zero-order valence-corrected chi connectivity index (χ0v) is 12.2. The Kier molecular flexibility index (Phi) is 5.10. The number of rotatable bonds is 4. The van der Waals surface area contributed by atoms with Crippen molar-refractivity contribution in [3.05, 3.63) is 70.0 Å². The van der Waals surface area contributed by atoms with Crippen molar-refractivity contribution in [1.82, 2.24) is 15.6 Å². The third-order valence-electron chi connectivity index (χ3n) is 2.72. The first-order valence-electron chi connectivity index (χ1n) is 6.29. The smallest absolute Gasteiger partial charge is 0.270 e. The Hall–Kier alpha value is -2.87. The first-order valence-corrected chi connectivity index (χ1v) is 6.69. The lowest BCUT2D eigenvalue weighted by Crippen LogP contribution is -2.38. The number of nitro benzene ring substituents is 1. The molecule has 1 heterocycles. The lowest BCUT2D eigenvalue weighted by atomic mass is 10.2. The van der Waals surface area contributed by atoms with Crippen LogP contribution in [0.3, 0.4) is 0 Å². The number of hydrogen-bond donors (Lipinski definition) is 2. The van der Waals surface area contributed by atoms with Crippen LogP contribution in [-0.2, 0) is 6.54 Å². The maximum Gasteiger partial charge on any atom is 0.270 e. The second-order valence-electron chi connectivity index (χ2n) is 4.31. The largest absolute Gasteiger partial charge is 0.358 e. The predicted molar refractivity (Wildman–Crippen MR) is 84.2 cm³/mol. The molecule has 7 nitrogen and oxygen atoms in total. The normalized spacial score (nSPS) is 9.82. The molecule has 22 heavy (non-hydrogen) atoms. The number of benzene rings is 1. The Bertz CT molecular complexity index is 706. The van der Waals surface area contributed by atoms with Gasteiger partial charge in [-0.3, -0.25) is 25.2 Å². The van der Waals surface area contributed by atoms with Gasteiger partial charge in [0.05, 0.1) is 4.92 Å². The summed E-state index contributed by atoms with van der Waals surface area (Å²) >= 11 is 5.02. The van der Waals surface area contributed by atoms with E-state index in [0.29, 0.717) is 6.54 Å². The zero-order chi connectivity index (χ0) is 15.9. The molecule has 0 aliphatic rings. The van der Waals surface area contributed by atoms with E-state index in [9.17, 15) is 14.9 Å². The quantitative estimate of drug-likeness (QED) is 0.507. The Labute approximate surface area is 131 Å². The highest BCUT2D eigenvalue weighted by atomic mass is 32.1. The van der Waals surface area contributed by atoms with Gasteiger partial charge >= 0.3 is 0 Å². The van der Waals surface area contributed by atoms with Crippen molar-refractivity contribution in [2.24, 2.45) is 0 Å². The van der Waals surface area contributed by atoms with E-state index in [2.05, 4.69) is 15.6 Å². The topological polar surface area (TPSA) is 97.2 Å². The zero-order valence-electron chi connectivity index (χ0n) is 11.4. The molecule has 112 valence electrons. The minimum atomic E-state index is -0.560. The highest BCUT2D eigenvalue weighted by Crippen LogP contribution is 2.12. The van der Waals surface area contributed by atoms with Crippen LogP contribution in [-0.4, -0.2) is 20.9 Å². The van der Waals surface area contributed by atoms with Crippen LogP contribution in [0.1, 0.15) is 15.9 Å². The minimum Gasteiger partial charge on any atom is -0.358 e. The van der Waals surface area contributed by atoms with Crippen LogP contribution < -0.4 is 10.6 Å². The van der Waals surface area contributed by atoms with Gasteiger partial charge in [0.15, 0.2) is 5.11 Å². The van der Waals surface area contributed by atoms with Crippen LogP contribution in [0, 0.1) is 10.1 Å². The SMILES string of the molecule is O=C(NC(=S)NCc1cccnc1)c1cccc([N+](=O)[O-])c1. The van der Waals surface area contributed by atoms with Crippen LogP contribution in [0.4, 0.5) is 5.69 Å². The summed E-state index contributed by atoms with van der Waals surface area (Å²) in [5.41, 5.74) is 0.927. The van der Waals surface area contributed by atoms with E-state index in [1.807, 2.05) is 6.07 Å². The number of non-ortho nitro benzene ring substituents is 1. The number of thiocarbonyl (C=S) groups is 1. The van der Waals surface area contributed by atoms with Gasteiger partial charge < -0.3 is 5.32 Å². The number of nitro groups is 1. The molecule has 0 fully saturated rings. The Morgan fingerprint density at radius 2 is 2.14 bits per heavy atom. The number of amides is 1. The van der Waals surface area contributed by atoms with Gasteiger partial charge in [-0.15, -0.1) is 0 Å². The summed E-state index contributed by atoms with van der Waals surface area (Å²) in [6.07, 6.45) is 3.34. The molecule has 0 aliphatic heterocycles. The molecule has 2 N–H and O–H groups in total. The van der Waals surface area contributed by atoms with E-state index >= 15 is 0 Å². The summed E-state index contributed by atoms with van der Waals surface area (Å²) in [5, 5.41) is 16.2. The number of nitrogens with one attached hydrogen (secondary N) is 2. The van der Waals surface area contributed by atoms with E-state index in [1.165, 1.54) is 24.3 Å². The molecule has 1 amide bonds. The number of pyridine rings is 1. The van der Waals surface area contributed by atoms with Crippen molar-refractivity contribution in [2.45, 2.75) is 6.54 Å². The maximum absolute atomic E-state index is 12.0. The molecule has 0 bridgehead atoms. The average molecular weight is 316 g/mol. The van der Waals surface area contributed by atoms with E-state index in [-0.39, 0.29) is 16.4 Å². The standard InChI is InChI=1S/C14H12N4O3S/c19-13(11-4-1-5-12(7-11)18(20)21)17-14(22)16-9-10-3-2-6-15-8-10/h1-8H,9H2,(H2,16,17,19,22). The molecule has 2 rings (SSSR count).